The van der Waals surface area contributed by atoms with Crippen molar-refractivity contribution >= 4 is 43.0 Å². The molecule has 3 aromatic rings. The van der Waals surface area contributed by atoms with Crippen molar-refractivity contribution in [2.75, 3.05) is 7.11 Å². The highest BCUT2D eigenvalue weighted by molar-refractivity contribution is 9.10. The van der Waals surface area contributed by atoms with Gasteiger partial charge >= 0.3 is 11.6 Å². The van der Waals surface area contributed by atoms with E-state index in [0.717, 1.165) is 4.47 Å². The number of phenols is 1. The molecule has 2 aromatic carbocycles. The Morgan fingerprint density at radius 1 is 1.17 bits per heavy atom. The number of esters is 1. The SMILES string of the molecule is COC(=O)Cc1c(C)c2ccc(O)cc2oc1=O.O=S(=O)(O)c1ccc(Br)cc1. The number of aryl methyl sites for hydroxylation is 1. The van der Waals surface area contributed by atoms with E-state index in [1.807, 2.05) is 0 Å². The molecule has 0 unspecified atom stereocenters. The van der Waals surface area contributed by atoms with Crippen molar-refractivity contribution in [2.45, 2.75) is 18.2 Å². The van der Waals surface area contributed by atoms with Crippen LogP contribution in [0.3, 0.4) is 0 Å². The molecule has 8 nitrogen and oxygen atoms in total. The minimum Gasteiger partial charge on any atom is -0.508 e. The lowest BCUT2D eigenvalue weighted by atomic mass is 10.0. The fourth-order valence-electron chi connectivity index (χ4n) is 2.41. The number of benzene rings is 2. The molecule has 3 rings (SSSR count). The number of carbonyl (C=O) groups is 1. The van der Waals surface area contributed by atoms with Crippen LogP contribution in [0.25, 0.3) is 11.0 Å². The summed E-state index contributed by atoms with van der Waals surface area (Å²) in [5, 5.41) is 10.0. The molecule has 0 fully saturated rings. The Labute approximate surface area is 174 Å². The number of fused-ring (bicyclic) bond motifs is 1. The molecule has 0 bridgehead atoms. The monoisotopic (exact) mass is 484 g/mol. The standard InChI is InChI=1S/C13H12O5.C6H5BrO3S/c1-7-9-4-3-8(14)5-11(9)18-13(16)10(7)6-12(15)17-2;7-5-1-3-6(4-2-5)11(8,9)10/h3-5,14H,6H2,1-2H3;1-4H,(H,8,9,10). The Bertz CT molecular complexity index is 1200. The number of methoxy groups -OCH3 is 1. The first-order valence-electron chi connectivity index (χ1n) is 8.08. The zero-order chi connectivity index (χ0) is 21.8. The molecule has 29 heavy (non-hydrogen) atoms. The van der Waals surface area contributed by atoms with Crippen LogP contribution in [0.2, 0.25) is 0 Å². The van der Waals surface area contributed by atoms with Gasteiger partial charge in [0, 0.05) is 15.9 Å². The smallest absolute Gasteiger partial charge is 0.340 e. The molecule has 10 heteroatoms. The highest BCUT2D eigenvalue weighted by Gasteiger charge is 2.15. The van der Waals surface area contributed by atoms with Crippen LogP contribution in [-0.4, -0.2) is 31.2 Å². The third-order valence-corrected chi connectivity index (χ3v) is 5.33. The zero-order valence-corrected chi connectivity index (χ0v) is 17.8. The second-order valence-corrected chi connectivity index (χ2v) is 8.19. The largest absolute Gasteiger partial charge is 0.508 e. The van der Waals surface area contributed by atoms with Crippen LogP contribution in [0.1, 0.15) is 11.1 Å². The summed E-state index contributed by atoms with van der Waals surface area (Å²) in [6.45, 7) is 1.73. The van der Waals surface area contributed by atoms with Crippen molar-refractivity contribution in [3.63, 3.8) is 0 Å². The van der Waals surface area contributed by atoms with E-state index in [1.54, 1.807) is 25.1 Å². The van der Waals surface area contributed by atoms with Crippen molar-refractivity contribution in [1.29, 1.82) is 0 Å². The fourth-order valence-corrected chi connectivity index (χ4v) is 3.15. The van der Waals surface area contributed by atoms with Gasteiger partial charge in [-0.1, -0.05) is 15.9 Å². The van der Waals surface area contributed by atoms with E-state index in [4.69, 9.17) is 8.97 Å². The topological polar surface area (TPSA) is 131 Å². The molecule has 2 N–H and O–H groups in total. The molecular formula is C19H17BrO8S. The maximum atomic E-state index is 11.8. The predicted octanol–water partition coefficient (Wildman–Crippen LogP) is 3.22. The lowest BCUT2D eigenvalue weighted by Gasteiger charge is -2.06. The molecule has 0 saturated carbocycles. The number of phenolic OH excluding ortho intramolecular Hbond substituents is 1. The quantitative estimate of drug-likeness (QED) is 0.329. The van der Waals surface area contributed by atoms with Crippen LogP contribution in [0.5, 0.6) is 5.75 Å². The average Bonchev–Trinajstić information content (AvgIpc) is 2.64. The molecule has 0 aliphatic carbocycles. The Kier molecular flexibility index (Phi) is 7.17. The summed E-state index contributed by atoms with van der Waals surface area (Å²) in [7, 11) is -2.78. The summed E-state index contributed by atoms with van der Waals surface area (Å²) in [6, 6.07) is 10.2. The van der Waals surface area contributed by atoms with Crippen LogP contribution >= 0.6 is 15.9 Å². The maximum Gasteiger partial charge on any atom is 0.340 e. The number of ether oxygens (including phenoxy) is 1. The van der Waals surface area contributed by atoms with Crippen LogP contribution in [0.15, 0.2) is 61.0 Å². The predicted molar refractivity (Wildman–Crippen MR) is 109 cm³/mol. The minimum absolute atomic E-state index is 0.0192. The number of aromatic hydroxyl groups is 1. The molecule has 0 atom stereocenters. The average molecular weight is 485 g/mol. The first-order valence-corrected chi connectivity index (χ1v) is 10.3. The highest BCUT2D eigenvalue weighted by atomic mass is 79.9. The van der Waals surface area contributed by atoms with Crippen LogP contribution < -0.4 is 5.63 Å². The lowest BCUT2D eigenvalue weighted by molar-refractivity contribution is -0.139. The Balaban J connectivity index is 0.000000234. The fraction of sp³-hybridized carbons (Fsp3) is 0.158. The summed E-state index contributed by atoms with van der Waals surface area (Å²) in [5.74, 6) is -0.478. The van der Waals surface area contributed by atoms with Gasteiger partial charge in [0.05, 0.1) is 24.0 Å². The number of carbonyl (C=O) groups excluding carboxylic acids is 1. The minimum atomic E-state index is -4.04. The van der Waals surface area contributed by atoms with Gasteiger partial charge in [0.2, 0.25) is 0 Å². The second kappa shape index (κ2) is 9.21. The van der Waals surface area contributed by atoms with Gasteiger partial charge in [-0.3, -0.25) is 9.35 Å². The molecular weight excluding hydrogens is 468 g/mol. The van der Waals surface area contributed by atoms with Crippen LogP contribution in [-0.2, 0) is 26.1 Å². The number of halogens is 1. The van der Waals surface area contributed by atoms with Gasteiger partial charge in [-0.25, -0.2) is 4.79 Å². The lowest BCUT2D eigenvalue weighted by Crippen LogP contribution is -2.16. The number of rotatable bonds is 3. The first kappa shape index (κ1) is 22.6. The molecule has 0 spiro atoms. The number of hydrogen-bond acceptors (Lipinski definition) is 7. The Morgan fingerprint density at radius 2 is 1.79 bits per heavy atom. The molecule has 0 radical (unpaired) electrons. The van der Waals surface area contributed by atoms with Crippen molar-refractivity contribution in [3.8, 4) is 5.75 Å². The van der Waals surface area contributed by atoms with Crippen molar-refractivity contribution in [3.05, 3.63) is 68.5 Å². The van der Waals surface area contributed by atoms with E-state index >= 15 is 0 Å². The summed E-state index contributed by atoms with van der Waals surface area (Å²) < 4.78 is 39.9. The third kappa shape index (κ3) is 5.89. The molecule has 0 aliphatic heterocycles. The summed E-state index contributed by atoms with van der Waals surface area (Å²) in [4.78, 5) is 22.9. The van der Waals surface area contributed by atoms with Gasteiger partial charge in [0.15, 0.2) is 0 Å². The molecule has 0 saturated heterocycles. The van der Waals surface area contributed by atoms with E-state index in [1.165, 1.54) is 31.4 Å². The zero-order valence-electron chi connectivity index (χ0n) is 15.4. The van der Waals surface area contributed by atoms with Crippen LogP contribution in [0, 0.1) is 6.92 Å². The van der Waals surface area contributed by atoms with E-state index in [2.05, 4.69) is 20.7 Å². The van der Waals surface area contributed by atoms with Gasteiger partial charge in [-0.15, -0.1) is 0 Å². The van der Waals surface area contributed by atoms with Gasteiger partial charge in [0.25, 0.3) is 10.1 Å². The third-order valence-electron chi connectivity index (χ3n) is 3.93. The van der Waals surface area contributed by atoms with Crippen molar-refractivity contribution in [1.82, 2.24) is 0 Å². The summed E-state index contributed by atoms with van der Waals surface area (Å²) >= 11 is 3.14. The van der Waals surface area contributed by atoms with Gasteiger partial charge in [0.1, 0.15) is 11.3 Å². The van der Waals surface area contributed by atoms with Gasteiger partial charge in [-0.05, 0) is 48.9 Å². The molecule has 0 amide bonds. The normalized spacial score (nSPS) is 10.9. The first-order chi connectivity index (χ1) is 13.5. The maximum absolute atomic E-state index is 11.8. The molecule has 1 heterocycles. The van der Waals surface area contributed by atoms with E-state index < -0.39 is 21.7 Å². The van der Waals surface area contributed by atoms with Crippen LogP contribution in [0.4, 0.5) is 0 Å². The van der Waals surface area contributed by atoms with Crippen molar-refractivity contribution in [2.24, 2.45) is 0 Å². The molecule has 154 valence electrons. The molecule has 1 aromatic heterocycles. The van der Waals surface area contributed by atoms with Crippen molar-refractivity contribution < 1.29 is 32.0 Å². The number of hydrogen-bond donors (Lipinski definition) is 2. The van der Waals surface area contributed by atoms with E-state index in [0.29, 0.717) is 16.5 Å². The highest BCUT2D eigenvalue weighted by Crippen LogP contribution is 2.23. The van der Waals surface area contributed by atoms with E-state index in [9.17, 15) is 23.1 Å². The summed E-state index contributed by atoms with van der Waals surface area (Å²) in [5.41, 5.74) is 0.647. The van der Waals surface area contributed by atoms with E-state index in [-0.39, 0.29) is 22.6 Å². The second-order valence-electron chi connectivity index (χ2n) is 5.86. The summed E-state index contributed by atoms with van der Waals surface area (Å²) in [6.07, 6.45) is -0.124. The Hall–Kier alpha value is -2.69. The molecule has 0 aliphatic rings. The Morgan fingerprint density at radius 3 is 2.34 bits per heavy atom. The van der Waals surface area contributed by atoms with Gasteiger partial charge in [-0.2, -0.15) is 8.42 Å². The van der Waals surface area contributed by atoms with Gasteiger partial charge < -0.3 is 14.3 Å².